The van der Waals surface area contributed by atoms with E-state index >= 15 is 0 Å². The van der Waals surface area contributed by atoms with Gasteiger partial charge in [0.05, 0.1) is 18.0 Å². The molecule has 1 heterocycles. The molecular formula is C23H29BrN2O4S. The van der Waals surface area contributed by atoms with E-state index in [2.05, 4.69) is 6.07 Å². The predicted octanol–water partition coefficient (Wildman–Crippen LogP) is 4.25. The molecule has 0 N–H and O–H groups in total. The number of halogens is 1. The number of methoxy groups -OCH3 is 1. The van der Waals surface area contributed by atoms with Gasteiger partial charge in [-0.3, -0.25) is 9.59 Å². The fraction of sp³-hybridized carbons (Fsp3) is 0.391. The summed E-state index contributed by atoms with van der Waals surface area (Å²) in [7, 11) is 5.55. The van der Waals surface area contributed by atoms with Crippen LogP contribution >= 0.6 is 28.7 Å². The van der Waals surface area contributed by atoms with Gasteiger partial charge < -0.3 is 19.3 Å². The normalized spacial score (nSPS) is 18.1. The first-order valence-electron chi connectivity index (χ1n) is 9.84. The summed E-state index contributed by atoms with van der Waals surface area (Å²) in [6, 6.07) is 13.6. The van der Waals surface area contributed by atoms with E-state index in [1.54, 1.807) is 23.8 Å². The van der Waals surface area contributed by atoms with Crippen molar-refractivity contribution in [2.24, 2.45) is 0 Å². The average molecular weight is 509 g/mol. The van der Waals surface area contributed by atoms with Gasteiger partial charge in [-0.1, -0.05) is 18.2 Å². The summed E-state index contributed by atoms with van der Waals surface area (Å²) < 4.78 is 10.9. The molecule has 8 heteroatoms. The number of hydrogen-bond acceptors (Lipinski definition) is 6. The van der Waals surface area contributed by atoms with E-state index in [9.17, 15) is 9.59 Å². The van der Waals surface area contributed by atoms with Crippen molar-refractivity contribution in [3.8, 4) is 5.75 Å². The second-order valence-electron chi connectivity index (χ2n) is 7.61. The monoisotopic (exact) mass is 508 g/mol. The van der Waals surface area contributed by atoms with Crippen molar-refractivity contribution in [3.63, 3.8) is 0 Å². The van der Waals surface area contributed by atoms with Crippen LogP contribution in [0.25, 0.3) is 0 Å². The zero-order valence-electron chi connectivity index (χ0n) is 18.5. The van der Waals surface area contributed by atoms with Crippen molar-refractivity contribution in [1.29, 1.82) is 0 Å². The Bertz CT molecular complexity index is 920. The van der Waals surface area contributed by atoms with E-state index in [1.807, 2.05) is 62.3 Å². The number of rotatable bonds is 6. The van der Waals surface area contributed by atoms with E-state index < -0.39 is 12.1 Å². The van der Waals surface area contributed by atoms with Gasteiger partial charge >= 0.3 is 5.97 Å². The Labute approximate surface area is 198 Å². The molecule has 0 saturated heterocycles. The van der Waals surface area contributed by atoms with Gasteiger partial charge in [-0.2, -0.15) is 0 Å². The van der Waals surface area contributed by atoms with Crippen LogP contribution in [0.4, 0.5) is 5.69 Å². The third-order valence-corrected chi connectivity index (χ3v) is 6.31. The highest BCUT2D eigenvalue weighted by Gasteiger charge is 2.40. The molecule has 2 aromatic carbocycles. The fourth-order valence-electron chi connectivity index (χ4n) is 3.40. The minimum atomic E-state index is -0.921. The Balaban J connectivity index is 0.00000341. The van der Waals surface area contributed by atoms with Crippen LogP contribution in [0.2, 0.25) is 0 Å². The summed E-state index contributed by atoms with van der Waals surface area (Å²) in [6.45, 7) is 4.58. The molecule has 0 aliphatic carbocycles. The first kappa shape index (κ1) is 25.2. The van der Waals surface area contributed by atoms with Crippen LogP contribution in [-0.2, 0) is 14.3 Å². The molecule has 0 fully saturated rings. The molecule has 1 aliphatic heterocycles. The van der Waals surface area contributed by atoms with Gasteiger partial charge in [0.25, 0.3) is 5.91 Å². The van der Waals surface area contributed by atoms with Crippen molar-refractivity contribution in [3.05, 3.63) is 53.6 Å². The molecule has 0 spiro atoms. The van der Waals surface area contributed by atoms with Crippen molar-refractivity contribution in [2.45, 2.75) is 30.1 Å². The van der Waals surface area contributed by atoms with Gasteiger partial charge in [0.15, 0.2) is 6.10 Å². The van der Waals surface area contributed by atoms with Gasteiger partial charge in [0, 0.05) is 24.9 Å². The number of thioether (sulfide) groups is 1. The first-order valence-corrected chi connectivity index (χ1v) is 10.7. The quantitative estimate of drug-likeness (QED) is 0.543. The van der Waals surface area contributed by atoms with Crippen LogP contribution in [0, 0.1) is 6.92 Å². The lowest BCUT2D eigenvalue weighted by Crippen LogP contribution is -2.45. The van der Waals surface area contributed by atoms with Crippen LogP contribution in [-0.4, -0.2) is 57.2 Å². The van der Waals surface area contributed by atoms with Crippen LogP contribution in [0.1, 0.15) is 23.3 Å². The molecule has 2 atom stereocenters. The number of esters is 1. The van der Waals surface area contributed by atoms with Crippen molar-refractivity contribution in [2.75, 3.05) is 39.2 Å². The van der Waals surface area contributed by atoms with Gasteiger partial charge in [-0.05, 0) is 56.4 Å². The van der Waals surface area contributed by atoms with Crippen LogP contribution < -0.4 is 9.64 Å². The highest BCUT2D eigenvalue weighted by atomic mass is 79.9. The van der Waals surface area contributed by atoms with Crippen LogP contribution in [0.5, 0.6) is 5.75 Å². The number of amides is 1. The molecule has 3 rings (SSSR count). The standard InChI is InChI=1S/C23H28N2O4S.BrH/c1-15-6-11-19-20(14-15)30-22(17-7-9-18(28-5)10-8-17)21(29-16(2)26)23(27)25(19)13-12-24(3)4;/h6-11,14,21-22H,12-13H2,1-5H3;1H. The third-order valence-electron chi connectivity index (χ3n) is 4.95. The Morgan fingerprint density at radius 3 is 2.42 bits per heavy atom. The summed E-state index contributed by atoms with van der Waals surface area (Å²) in [4.78, 5) is 30.3. The number of carbonyl (C=O) groups is 2. The number of likely N-dealkylation sites (N-methyl/N-ethyl adjacent to an activating group) is 1. The lowest BCUT2D eigenvalue weighted by Gasteiger charge is -2.28. The average Bonchev–Trinajstić information content (AvgIpc) is 2.81. The van der Waals surface area contributed by atoms with Gasteiger partial charge in [0.1, 0.15) is 5.75 Å². The number of fused-ring (bicyclic) bond motifs is 1. The largest absolute Gasteiger partial charge is 0.497 e. The number of hydrogen-bond donors (Lipinski definition) is 0. The number of aryl methyl sites for hydroxylation is 1. The van der Waals surface area contributed by atoms with E-state index in [0.29, 0.717) is 13.1 Å². The molecule has 0 saturated carbocycles. The highest BCUT2D eigenvalue weighted by Crippen LogP contribution is 2.47. The smallest absolute Gasteiger partial charge is 0.303 e. The lowest BCUT2D eigenvalue weighted by atomic mass is 10.1. The number of ether oxygens (including phenoxy) is 2. The molecule has 168 valence electrons. The second kappa shape index (κ2) is 11.0. The van der Waals surface area contributed by atoms with Crippen molar-refractivity contribution >= 4 is 46.3 Å². The van der Waals surface area contributed by atoms with Crippen molar-refractivity contribution < 1.29 is 19.1 Å². The summed E-state index contributed by atoms with van der Waals surface area (Å²) in [5.74, 6) is 0.0571. The summed E-state index contributed by atoms with van der Waals surface area (Å²) in [5, 5.41) is -0.364. The zero-order valence-corrected chi connectivity index (χ0v) is 21.0. The van der Waals surface area contributed by atoms with E-state index in [1.165, 1.54) is 6.92 Å². The predicted molar refractivity (Wildman–Crippen MR) is 130 cm³/mol. The highest BCUT2D eigenvalue weighted by molar-refractivity contribution is 8.93. The maximum absolute atomic E-state index is 13.6. The maximum Gasteiger partial charge on any atom is 0.303 e. The summed E-state index contributed by atoms with van der Waals surface area (Å²) >= 11 is 1.56. The van der Waals surface area contributed by atoms with Crippen molar-refractivity contribution in [1.82, 2.24) is 4.90 Å². The number of nitrogens with zero attached hydrogens (tertiary/aromatic N) is 2. The maximum atomic E-state index is 13.6. The second-order valence-corrected chi connectivity index (χ2v) is 8.79. The van der Waals surface area contributed by atoms with Gasteiger partial charge in [0.2, 0.25) is 0 Å². The molecule has 0 aromatic heterocycles. The number of benzene rings is 2. The molecule has 0 radical (unpaired) electrons. The summed E-state index contributed by atoms with van der Waals surface area (Å²) in [5.41, 5.74) is 2.87. The topological polar surface area (TPSA) is 59.1 Å². The SMILES string of the molecule is Br.COc1ccc(C2Sc3cc(C)ccc3N(CCN(C)C)C(=O)C2OC(C)=O)cc1. The first-order chi connectivity index (χ1) is 14.3. The zero-order chi connectivity index (χ0) is 21.8. The minimum Gasteiger partial charge on any atom is -0.497 e. The Morgan fingerprint density at radius 2 is 1.84 bits per heavy atom. The molecule has 1 amide bonds. The number of carbonyl (C=O) groups excluding carboxylic acids is 2. The molecule has 0 bridgehead atoms. The Hall–Kier alpha value is -2.03. The molecule has 2 aromatic rings. The lowest BCUT2D eigenvalue weighted by molar-refractivity contribution is -0.152. The third kappa shape index (κ3) is 6.02. The van der Waals surface area contributed by atoms with Crippen LogP contribution in [0.3, 0.4) is 0 Å². The van der Waals surface area contributed by atoms with Gasteiger partial charge in [-0.25, -0.2) is 0 Å². The molecule has 2 unspecified atom stereocenters. The molecule has 1 aliphatic rings. The number of anilines is 1. The summed E-state index contributed by atoms with van der Waals surface area (Å²) in [6.07, 6.45) is -0.921. The van der Waals surface area contributed by atoms with E-state index in [4.69, 9.17) is 9.47 Å². The Kier molecular flexibility index (Phi) is 8.97. The van der Waals surface area contributed by atoms with Crippen LogP contribution in [0.15, 0.2) is 47.4 Å². The molecule has 6 nitrogen and oxygen atoms in total. The molecular weight excluding hydrogens is 480 g/mol. The Morgan fingerprint density at radius 1 is 1.16 bits per heavy atom. The molecule has 31 heavy (non-hydrogen) atoms. The fourth-order valence-corrected chi connectivity index (χ4v) is 4.81. The van der Waals surface area contributed by atoms with E-state index in [0.717, 1.165) is 27.5 Å². The minimum absolute atomic E-state index is 0. The van der Waals surface area contributed by atoms with E-state index in [-0.39, 0.29) is 28.1 Å². The van der Waals surface area contributed by atoms with Gasteiger partial charge in [-0.15, -0.1) is 28.7 Å².